The van der Waals surface area contributed by atoms with Crippen LogP contribution in [-0.2, 0) is 0 Å². The van der Waals surface area contributed by atoms with Crippen LogP contribution in [0.5, 0.6) is 0 Å². The Balaban J connectivity index is -0.0000000267. The summed E-state index contributed by atoms with van der Waals surface area (Å²) in [6, 6.07) is 0. The fourth-order valence-electron chi connectivity index (χ4n) is 0. The third-order valence-corrected chi connectivity index (χ3v) is 0. The van der Waals surface area contributed by atoms with Gasteiger partial charge in [-0.15, -0.1) is 10.2 Å². The monoisotopic (exact) mass is 175 g/mol. The van der Waals surface area contributed by atoms with Crippen LogP contribution >= 0.6 is 0 Å². The average molecular weight is 176 g/mol. The fourth-order valence-corrected chi connectivity index (χ4v) is 0. The third-order valence-electron chi connectivity index (χ3n) is 0. The molecule has 0 saturated carbocycles. The molecule has 8 heavy (non-hydrogen) atoms. The maximum atomic E-state index is 8.49. The van der Waals surface area contributed by atoms with Gasteiger partial charge in [0.15, 0.2) is 0 Å². The van der Waals surface area contributed by atoms with Crippen LogP contribution in [0.15, 0.2) is 0 Å². The average Bonchev–Trinajstić information content (AvgIpc) is 0.722. The SMILES string of the molecule is [Cl-].[NH4+].[Na+].[O-][Cl+3]([O-])([O-])[O-]. The van der Waals surface area contributed by atoms with Crippen molar-refractivity contribution in [1.29, 1.82) is 0 Å². The van der Waals surface area contributed by atoms with Gasteiger partial charge in [-0.3, -0.25) is 0 Å². The summed E-state index contributed by atoms with van der Waals surface area (Å²) in [6.07, 6.45) is 0. The summed E-state index contributed by atoms with van der Waals surface area (Å²) in [5.41, 5.74) is 0. The van der Waals surface area contributed by atoms with E-state index in [-0.39, 0.29) is 48.1 Å². The molecule has 8 heteroatoms. The summed E-state index contributed by atoms with van der Waals surface area (Å²) in [5.74, 6) is 0. The van der Waals surface area contributed by atoms with Crippen LogP contribution < -0.4 is 66.8 Å². The predicted molar refractivity (Wildman–Crippen MR) is 5.98 cm³/mol. The van der Waals surface area contributed by atoms with Crippen LogP contribution in [0.2, 0.25) is 0 Å². The summed E-state index contributed by atoms with van der Waals surface area (Å²) >= 11 is 0. The zero-order chi connectivity index (χ0) is 4.50. The van der Waals surface area contributed by atoms with Crippen molar-refractivity contribution in [3.63, 3.8) is 0 Å². The van der Waals surface area contributed by atoms with Crippen molar-refractivity contribution in [3.8, 4) is 0 Å². The Morgan fingerprint density at radius 1 is 0.875 bits per heavy atom. The predicted octanol–water partition coefficient (Wildman–Crippen LogP) is -10.4. The Hall–Kier alpha value is 1.38. The first-order chi connectivity index (χ1) is 2.00. The van der Waals surface area contributed by atoms with E-state index in [0.29, 0.717) is 0 Å². The van der Waals surface area contributed by atoms with Gasteiger partial charge in [-0.1, -0.05) is 0 Å². The topological polar surface area (TPSA) is 129 Å². The largest absolute Gasteiger partial charge is 1.00 e. The van der Waals surface area contributed by atoms with Crippen molar-refractivity contribution in [2.45, 2.75) is 0 Å². The minimum atomic E-state index is -4.94. The standard InChI is InChI=1S/ClHO4.ClH.H3N.Na/c2-1(3,4)5;;;/h(H,2,3,4,5);1H;1H3;/q;;;+1/p-1. The van der Waals surface area contributed by atoms with Crippen molar-refractivity contribution in [2.24, 2.45) is 0 Å². The van der Waals surface area contributed by atoms with Crippen LogP contribution in [0.3, 0.4) is 0 Å². The molecule has 0 atom stereocenters. The van der Waals surface area contributed by atoms with E-state index in [1.165, 1.54) is 0 Å². The van der Waals surface area contributed by atoms with Gasteiger partial charge in [-0.2, -0.15) is 0 Å². The molecule has 0 unspecified atom stereocenters. The van der Waals surface area contributed by atoms with E-state index < -0.39 is 10.2 Å². The normalized spacial score (nSPS) is 7.50. The van der Waals surface area contributed by atoms with Gasteiger partial charge in [-0.05, 0) is 0 Å². The molecule has 0 heterocycles. The van der Waals surface area contributed by atoms with Crippen LogP contribution in [0.1, 0.15) is 0 Å². The molecule has 0 spiro atoms. The number of halogens is 2. The molecule has 4 N–H and O–H groups in total. The number of hydrogen-bond donors (Lipinski definition) is 1. The Bertz CT molecular complexity index is 29.5. The van der Waals surface area contributed by atoms with Crippen LogP contribution in [0.4, 0.5) is 0 Å². The van der Waals surface area contributed by atoms with Crippen LogP contribution in [0.25, 0.3) is 0 Å². The zero-order valence-corrected chi connectivity index (χ0v) is 7.90. The van der Waals surface area contributed by atoms with Gasteiger partial charge in [-0.25, -0.2) is 18.6 Å². The molecule has 48 valence electrons. The van der Waals surface area contributed by atoms with E-state index in [9.17, 15) is 0 Å². The Morgan fingerprint density at radius 2 is 0.875 bits per heavy atom. The third kappa shape index (κ3) is 158. The van der Waals surface area contributed by atoms with Gasteiger partial charge in [0, 0.05) is 0 Å². The summed E-state index contributed by atoms with van der Waals surface area (Å²) in [4.78, 5) is 0. The second-order valence-corrected chi connectivity index (χ2v) is 1.13. The van der Waals surface area contributed by atoms with Crippen molar-refractivity contribution in [3.05, 3.63) is 0 Å². The molecule has 5 nitrogen and oxygen atoms in total. The zero-order valence-electron chi connectivity index (χ0n) is 4.39. The summed E-state index contributed by atoms with van der Waals surface area (Å²) in [6.45, 7) is 0. The van der Waals surface area contributed by atoms with Gasteiger partial charge in [0.25, 0.3) is 0 Å². The molecule has 0 radical (unpaired) electrons. The molecule has 0 aromatic rings. The van der Waals surface area contributed by atoms with Crippen molar-refractivity contribution in [2.75, 3.05) is 0 Å². The molecule has 0 aromatic heterocycles. The summed E-state index contributed by atoms with van der Waals surface area (Å²) in [5, 5.41) is 0. The Morgan fingerprint density at radius 3 is 0.875 bits per heavy atom. The maximum absolute atomic E-state index is 8.49. The van der Waals surface area contributed by atoms with E-state index in [1.54, 1.807) is 0 Å². The number of hydrogen-bond acceptors (Lipinski definition) is 4. The minimum absolute atomic E-state index is 0. The molecule has 0 aliphatic rings. The van der Waals surface area contributed by atoms with Gasteiger partial charge < -0.3 is 18.6 Å². The molecule has 0 amide bonds. The summed E-state index contributed by atoms with van der Waals surface area (Å²) < 4.78 is 34.0. The Kier molecular flexibility index (Phi) is 23.8. The first kappa shape index (κ1) is 22.8. The molecule has 0 bridgehead atoms. The number of quaternary nitrogens is 1. The van der Waals surface area contributed by atoms with Gasteiger partial charge in [0.1, 0.15) is 0 Å². The smallest absolute Gasteiger partial charge is 1.00 e. The second kappa shape index (κ2) is 8.38. The van der Waals surface area contributed by atoms with Crippen molar-refractivity contribution >= 4 is 0 Å². The number of rotatable bonds is 0. The molecule has 0 rings (SSSR count). The first-order valence-corrected chi connectivity index (χ1v) is 1.85. The fraction of sp³-hybridized carbons (Fsp3) is 0. The van der Waals surface area contributed by atoms with Crippen molar-refractivity contribution in [1.82, 2.24) is 6.15 Å². The maximum Gasteiger partial charge on any atom is 1.00 e. The molecular weight excluding hydrogens is 172 g/mol. The first-order valence-electron chi connectivity index (χ1n) is 0.617. The van der Waals surface area contributed by atoms with E-state index in [4.69, 9.17) is 18.6 Å². The van der Waals surface area contributed by atoms with Crippen molar-refractivity contribution < 1.29 is 70.8 Å². The van der Waals surface area contributed by atoms with E-state index in [1.807, 2.05) is 0 Å². The van der Waals surface area contributed by atoms with Gasteiger partial charge >= 0.3 is 29.6 Å². The quantitative estimate of drug-likeness (QED) is 0.367. The molecule has 0 aromatic carbocycles. The second-order valence-electron chi connectivity index (χ2n) is 0.378. The van der Waals surface area contributed by atoms with Crippen LogP contribution in [-0.4, -0.2) is 0 Å². The van der Waals surface area contributed by atoms with E-state index in [2.05, 4.69) is 0 Å². The minimum Gasteiger partial charge on any atom is -1.00 e. The van der Waals surface area contributed by atoms with Crippen LogP contribution in [0, 0.1) is 10.2 Å². The molecule has 0 aliphatic heterocycles. The molecule has 0 saturated heterocycles. The molecule has 0 fully saturated rings. The van der Waals surface area contributed by atoms with Gasteiger partial charge in [0.05, 0.1) is 0 Å². The van der Waals surface area contributed by atoms with Gasteiger partial charge in [0.2, 0.25) is 0 Å². The molecular formula is H4Cl2NNaO4. The molecule has 0 aliphatic carbocycles. The summed E-state index contributed by atoms with van der Waals surface area (Å²) in [7, 11) is -4.94. The van der Waals surface area contributed by atoms with E-state index in [0.717, 1.165) is 0 Å². The Labute approximate surface area is 76.7 Å². The van der Waals surface area contributed by atoms with E-state index >= 15 is 0 Å².